The molecule has 0 saturated carbocycles. The predicted octanol–water partition coefficient (Wildman–Crippen LogP) is 2.57. The number of rotatable bonds is 4. The molecule has 0 aromatic carbocycles. The number of carbonyl (C=O) groups excluding carboxylic acids is 1. The highest BCUT2D eigenvalue weighted by Gasteiger charge is 2.23. The van der Waals surface area contributed by atoms with Gasteiger partial charge in [0.25, 0.3) is 5.56 Å². The van der Waals surface area contributed by atoms with Crippen molar-refractivity contribution in [2.24, 2.45) is 0 Å². The first-order valence-electron chi connectivity index (χ1n) is 7.27. The zero-order valence-electron chi connectivity index (χ0n) is 13.1. The largest absolute Gasteiger partial charge is 0.462 e. The zero-order valence-corrected chi connectivity index (χ0v) is 13.8. The third-order valence-electron chi connectivity index (χ3n) is 3.48. The highest BCUT2D eigenvalue weighted by molar-refractivity contribution is 6.29. The average Bonchev–Trinajstić information content (AvgIpc) is 2.89. The van der Waals surface area contributed by atoms with Crippen LogP contribution in [0, 0.1) is 6.92 Å². The van der Waals surface area contributed by atoms with Gasteiger partial charge in [0.1, 0.15) is 28.2 Å². The first kappa shape index (κ1) is 16.2. The molecule has 124 valence electrons. The van der Waals surface area contributed by atoms with Crippen LogP contribution in [-0.4, -0.2) is 27.1 Å². The number of carbonyl (C=O) groups is 1. The van der Waals surface area contributed by atoms with Gasteiger partial charge in [-0.05, 0) is 25.5 Å². The molecule has 3 aromatic rings. The number of hydrogen-bond acceptors (Lipinski definition) is 6. The van der Waals surface area contributed by atoms with Gasteiger partial charge in [-0.25, -0.2) is 14.8 Å². The van der Waals surface area contributed by atoms with E-state index in [-0.39, 0.29) is 35.4 Å². The van der Waals surface area contributed by atoms with Gasteiger partial charge in [0.15, 0.2) is 0 Å². The normalized spacial score (nSPS) is 11.0. The summed E-state index contributed by atoms with van der Waals surface area (Å²) >= 11 is 5.76. The lowest BCUT2D eigenvalue weighted by molar-refractivity contribution is 0.0526. The van der Waals surface area contributed by atoms with Crippen molar-refractivity contribution in [2.75, 3.05) is 6.61 Å². The summed E-state index contributed by atoms with van der Waals surface area (Å²) < 4.78 is 11.8. The molecular formula is C16H14ClN3O4. The highest BCUT2D eigenvalue weighted by atomic mass is 35.5. The number of ether oxygens (including phenoxy) is 1. The Morgan fingerprint density at radius 2 is 2.17 bits per heavy atom. The molecule has 24 heavy (non-hydrogen) atoms. The Morgan fingerprint density at radius 3 is 2.83 bits per heavy atom. The summed E-state index contributed by atoms with van der Waals surface area (Å²) in [6.07, 6.45) is 2.95. The van der Waals surface area contributed by atoms with Gasteiger partial charge in [0.05, 0.1) is 13.2 Å². The molecule has 3 aromatic heterocycles. The van der Waals surface area contributed by atoms with Gasteiger partial charge >= 0.3 is 5.97 Å². The molecule has 0 atom stereocenters. The molecule has 0 N–H and O–H groups in total. The van der Waals surface area contributed by atoms with Gasteiger partial charge < -0.3 is 9.15 Å². The number of nitrogens with zero attached hydrogens (tertiary/aromatic N) is 3. The van der Waals surface area contributed by atoms with Crippen LogP contribution in [0.25, 0.3) is 11.1 Å². The maximum absolute atomic E-state index is 12.8. The van der Waals surface area contributed by atoms with Crippen LogP contribution in [0.2, 0.25) is 5.15 Å². The van der Waals surface area contributed by atoms with E-state index in [1.165, 1.54) is 10.9 Å². The number of hydrogen-bond donors (Lipinski definition) is 0. The van der Waals surface area contributed by atoms with Gasteiger partial charge in [-0.2, -0.15) is 0 Å². The molecule has 0 aliphatic carbocycles. The smallest absolute Gasteiger partial charge is 0.342 e. The third-order valence-corrected chi connectivity index (χ3v) is 3.70. The maximum Gasteiger partial charge on any atom is 0.342 e. The van der Waals surface area contributed by atoms with Crippen molar-refractivity contribution in [3.8, 4) is 0 Å². The van der Waals surface area contributed by atoms with Crippen molar-refractivity contribution in [3.05, 3.63) is 57.1 Å². The Balaban J connectivity index is 2.09. The molecular weight excluding hydrogens is 334 g/mol. The van der Waals surface area contributed by atoms with Crippen LogP contribution in [0.5, 0.6) is 0 Å². The lowest BCUT2D eigenvalue weighted by Gasteiger charge is -2.05. The first-order chi connectivity index (χ1) is 11.5. The fourth-order valence-corrected chi connectivity index (χ4v) is 2.51. The maximum atomic E-state index is 12.8. The van der Waals surface area contributed by atoms with Crippen LogP contribution >= 0.6 is 11.6 Å². The molecule has 7 nitrogen and oxygen atoms in total. The van der Waals surface area contributed by atoms with E-state index in [0.29, 0.717) is 10.9 Å². The summed E-state index contributed by atoms with van der Waals surface area (Å²) in [5.41, 5.74) is 0.634. The minimum absolute atomic E-state index is 0.117. The SMILES string of the molecule is CCOC(=O)c1c(C)oc2ncn(Cc3ccc(Cl)nc3)c(=O)c12. The first-order valence-corrected chi connectivity index (χ1v) is 7.65. The van der Waals surface area contributed by atoms with E-state index < -0.39 is 5.97 Å². The number of esters is 1. The van der Waals surface area contributed by atoms with Crippen molar-refractivity contribution in [1.82, 2.24) is 14.5 Å². The topological polar surface area (TPSA) is 87.2 Å². The van der Waals surface area contributed by atoms with Crippen LogP contribution < -0.4 is 5.56 Å². The zero-order chi connectivity index (χ0) is 17.3. The van der Waals surface area contributed by atoms with Crippen molar-refractivity contribution in [3.63, 3.8) is 0 Å². The summed E-state index contributed by atoms with van der Waals surface area (Å²) in [7, 11) is 0. The molecule has 0 saturated heterocycles. The molecule has 0 spiro atoms. The number of halogens is 1. The van der Waals surface area contributed by atoms with Crippen LogP contribution in [0.1, 0.15) is 28.6 Å². The second-order valence-electron chi connectivity index (χ2n) is 5.10. The Labute approximate surface area is 141 Å². The molecule has 0 radical (unpaired) electrons. The van der Waals surface area contributed by atoms with Crippen LogP contribution in [-0.2, 0) is 11.3 Å². The minimum atomic E-state index is -0.599. The standard InChI is InChI=1S/C16H14ClN3O4/c1-3-23-16(22)12-9(2)24-14-13(12)15(21)20(8-19-14)7-10-4-5-11(17)18-6-10/h4-6,8H,3,7H2,1-2H3. The minimum Gasteiger partial charge on any atom is -0.462 e. The summed E-state index contributed by atoms with van der Waals surface area (Å²) in [5, 5.41) is 0.491. The Bertz CT molecular complexity index is 960. The molecule has 0 amide bonds. The Morgan fingerprint density at radius 1 is 1.38 bits per heavy atom. The average molecular weight is 348 g/mol. The van der Waals surface area contributed by atoms with E-state index in [1.54, 1.807) is 32.2 Å². The van der Waals surface area contributed by atoms with Crippen molar-refractivity contribution in [1.29, 1.82) is 0 Å². The summed E-state index contributed by atoms with van der Waals surface area (Å²) in [6, 6.07) is 3.40. The van der Waals surface area contributed by atoms with Crippen LogP contribution in [0.15, 0.2) is 33.9 Å². The summed E-state index contributed by atoms with van der Waals surface area (Å²) in [4.78, 5) is 33.0. The Kier molecular flexibility index (Phi) is 4.35. The van der Waals surface area contributed by atoms with Gasteiger partial charge in [-0.3, -0.25) is 9.36 Å². The number of pyridine rings is 1. The van der Waals surface area contributed by atoms with Crippen LogP contribution in [0.4, 0.5) is 0 Å². The lowest BCUT2D eigenvalue weighted by atomic mass is 10.2. The fourth-order valence-electron chi connectivity index (χ4n) is 2.40. The van der Waals surface area contributed by atoms with Gasteiger partial charge in [-0.1, -0.05) is 17.7 Å². The molecule has 0 bridgehead atoms. The van der Waals surface area contributed by atoms with Gasteiger partial charge in [0, 0.05) is 6.20 Å². The van der Waals surface area contributed by atoms with E-state index in [9.17, 15) is 9.59 Å². The number of aryl methyl sites for hydroxylation is 1. The monoisotopic (exact) mass is 347 g/mol. The van der Waals surface area contributed by atoms with Crippen LogP contribution in [0.3, 0.4) is 0 Å². The number of aromatic nitrogens is 3. The molecule has 3 heterocycles. The molecule has 0 aliphatic rings. The van der Waals surface area contributed by atoms with Crippen molar-refractivity contribution in [2.45, 2.75) is 20.4 Å². The van der Waals surface area contributed by atoms with E-state index in [4.69, 9.17) is 20.8 Å². The molecule has 8 heteroatoms. The Hall–Kier alpha value is -2.67. The number of fused-ring (bicyclic) bond motifs is 1. The van der Waals surface area contributed by atoms with Crippen molar-refractivity contribution >= 4 is 28.7 Å². The van der Waals surface area contributed by atoms with Crippen molar-refractivity contribution < 1.29 is 13.9 Å². The van der Waals surface area contributed by atoms with E-state index >= 15 is 0 Å². The van der Waals surface area contributed by atoms with Gasteiger partial charge in [-0.15, -0.1) is 0 Å². The highest BCUT2D eigenvalue weighted by Crippen LogP contribution is 2.21. The lowest BCUT2D eigenvalue weighted by Crippen LogP contribution is -2.22. The van der Waals surface area contributed by atoms with E-state index in [2.05, 4.69) is 9.97 Å². The van der Waals surface area contributed by atoms with E-state index in [0.717, 1.165) is 5.56 Å². The predicted molar refractivity (Wildman–Crippen MR) is 87.3 cm³/mol. The fraction of sp³-hybridized carbons (Fsp3) is 0.250. The summed E-state index contributed by atoms with van der Waals surface area (Å²) in [5.74, 6) is -0.294. The quantitative estimate of drug-likeness (QED) is 0.532. The van der Waals surface area contributed by atoms with E-state index in [1.807, 2.05) is 0 Å². The van der Waals surface area contributed by atoms with Gasteiger partial charge in [0.2, 0.25) is 5.71 Å². The molecule has 3 rings (SSSR count). The summed E-state index contributed by atoms with van der Waals surface area (Å²) in [6.45, 7) is 3.74. The second-order valence-corrected chi connectivity index (χ2v) is 5.49. The third kappa shape index (κ3) is 2.90. The number of furan rings is 1. The molecule has 0 aliphatic heterocycles. The molecule has 0 unspecified atom stereocenters. The molecule has 0 fully saturated rings. The second kappa shape index (κ2) is 6.45.